The Kier molecular flexibility index (Phi) is 4.24. The van der Waals surface area contributed by atoms with Crippen molar-refractivity contribution in [1.29, 1.82) is 0 Å². The molecule has 0 amide bonds. The first-order valence-corrected chi connectivity index (χ1v) is 4.29. The molecule has 0 aliphatic carbocycles. The lowest BCUT2D eigenvalue weighted by atomic mass is 10.2. The summed E-state index contributed by atoms with van der Waals surface area (Å²) in [5, 5.41) is 0. The first-order chi connectivity index (χ1) is 5.83. The number of hydroxylamine groups is 1. The first kappa shape index (κ1) is 9.67. The van der Waals surface area contributed by atoms with Gasteiger partial charge in [0.2, 0.25) is 0 Å². The van der Waals surface area contributed by atoms with Gasteiger partial charge < -0.3 is 0 Å². The Bertz CT molecular complexity index is 225. The van der Waals surface area contributed by atoms with Crippen LogP contribution in [0.3, 0.4) is 0 Å². The predicted octanol–water partition coefficient (Wildman–Crippen LogP) is 2.03. The Labute approximate surface area is 79.7 Å². The molecule has 0 saturated heterocycles. The Balaban J connectivity index is 2.37. The van der Waals surface area contributed by atoms with Crippen molar-refractivity contribution in [2.45, 2.75) is 6.54 Å². The molecule has 4 heteroatoms. The van der Waals surface area contributed by atoms with E-state index in [0.717, 1.165) is 10.0 Å². The van der Waals surface area contributed by atoms with E-state index >= 15 is 0 Å². The van der Waals surface area contributed by atoms with E-state index in [1.165, 1.54) is 7.11 Å². The molecule has 0 aliphatic rings. The van der Waals surface area contributed by atoms with Crippen LogP contribution in [0, 0.1) is 0 Å². The molecule has 0 spiro atoms. The molecule has 0 bridgehead atoms. The van der Waals surface area contributed by atoms with Gasteiger partial charge in [0.05, 0.1) is 7.11 Å². The van der Waals surface area contributed by atoms with E-state index in [2.05, 4.69) is 31.3 Å². The average Bonchev–Trinajstić information content (AvgIpc) is 2.09. The lowest BCUT2D eigenvalue weighted by Gasteiger charge is -2.01. The molecule has 1 aromatic carbocycles. The SMILES string of the molecule is COONCc1ccc(Br)cc1. The second-order valence-corrected chi connectivity index (χ2v) is 3.11. The van der Waals surface area contributed by atoms with Gasteiger partial charge in [-0.2, -0.15) is 5.48 Å². The second-order valence-electron chi connectivity index (χ2n) is 2.20. The summed E-state index contributed by atoms with van der Waals surface area (Å²) < 4.78 is 1.07. The van der Waals surface area contributed by atoms with E-state index in [9.17, 15) is 0 Å². The summed E-state index contributed by atoms with van der Waals surface area (Å²) in [7, 11) is 1.45. The molecule has 0 atom stereocenters. The van der Waals surface area contributed by atoms with Crippen LogP contribution in [0.15, 0.2) is 28.7 Å². The highest BCUT2D eigenvalue weighted by molar-refractivity contribution is 9.10. The minimum absolute atomic E-state index is 0.626. The molecule has 0 aromatic heterocycles. The molecule has 1 N–H and O–H groups in total. The maximum absolute atomic E-state index is 4.51. The standard InChI is InChI=1S/C8H10BrNO2/c1-11-12-10-6-7-2-4-8(9)5-3-7/h2-5,10H,6H2,1H3. The van der Waals surface area contributed by atoms with Crippen molar-refractivity contribution in [2.75, 3.05) is 7.11 Å². The summed E-state index contributed by atoms with van der Waals surface area (Å²) in [6.07, 6.45) is 0. The quantitative estimate of drug-likeness (QED) is 0.489. The fourth-order valence-electron chi connectivity index (χ4n) is 0.774. The van der Waals surface area contributed by atoms with Crippen LogP contribution in [0.25, 0.3) is 0 Å². The monoisotopic (exact) mass is 231 g/mol. The third-order valence-corrected chi connectivity index (χ3v) is 1.86. The maximum atomic E-state index is 4.51. The summed E-state index contributed by atoms with van der Waals surface area (Å²) in [6.45, 7) is 0.626. The molecule has 66 valence electrons. The number of hydrogen-bond donors (Lipinski definition) is 1. The van der Waals surface area contributed by atoms with Gasteiger partial charge in [-0.25, -0.2) is 4.89 Å². The van der Waals surface area contributed by atoms with Gasteiger partial charge in [-0.1, -0.05) is 28.1 Å². The lowest BCUT2D eigenvalue weighted by Crippen LogP contribution is -2.12. The van der Waals surface area contributed by atoms with Crippen molar-refractivity contribution < 1.29 is 9.88 Å². The highest BCUT2D eigenvalue weighted by atomic mass is 79.9. The van der Waals surface area contributed by atoms with E-state index < -0.39 is 0 Å². The highest BCUT2D eigenvalue weighted by Crippen LogP contribution is 2.09. The predicted molar refractivity (Wildman–Crippen MR) is 49.1 cm³/mol. The summed E-state index contributed by atoms with van der Waals surface area (Å²) in [6, 6.07) is 7.94. The highest BCUT2D eigenvalue weighted by Gasteiger charge is 1.91. The molecule has 12 heavy (non-hydrogen) atoms. The minimum atomic E-state index is 0.626. The van der Waals surface area contributed by atoms with Crippen molar-refractivity contribution in [3.05, 3.63) is 34.3 Å². The number of nitrogens with one attached hydrogen (secondary N) is 1. The zero-order chi connectivity index (χ0) is 8.81. The third kappa shape index (κ3) is 3.32. The van der Waals surface area contributed by atoms with Crippen LogP contribution >= 0.6 is 15.9 Å². The smallest absolute Gasteiger partial charge is 0.0732 e. The molecule has 1 rings (SSSR count). The van der Waals surface area contributed by atoms with Crippen molar-refractivity contribution in [3.8, 4) is 0 Å². The fourth-order valence-corrected chi connectivity index (χ4v) is 1.04. The largest absolute Gasteiger partial charge is 0.221 e. The van der Waals surface area contributed by atoms with Crippen LogP contribution in [0.4, 0.5) is 0 Å². The Morgan fingerprint density at radius 3 is 2.58 bits per heavy atom. The Morgan fingerprint density at radius 1 is 1.33 bits per heavy atom. The first-order valence-electron chi connectivity index (χ1n) is 3.50. The van der Waals surface area contributed by atoms with Gasteiger partial charge in [0.25, 0.3) is 0 Å². The van der Waals surface area contributed by atoms with Crippen molar-refractivity contribution >= 4 is 15.9 Å². The topological polar surface area (TPSA) is 30.5 Å². The molecule has 0 radical (unpaired) electrons. The number of rotatable bonds is 4. The van der Waals surface area contributed by atoms with Gasteiger partial charge in [0.1, 0.15) is 0 Å². The van der Waals surface area contributed by atoms with Gasteiger partial charge in [-0.3, -0.25) is 0 Å². The van der Waals surface area contributed by atoms with Crippen LogP contribution in [-0.2, 0) is 16.4 Å². The molecule has 3 nitrogen and oxygen atoms in total. The van der Waals surface area contributed by atoms with Crippen LogP contribution in [0.5, 0.6) is 0 Å². The average molecular weight is 232 g/mol. The van der Waals surface area contributed by atoms with E-state index in [1.54, 1.807) is 0 Å². The van der Waals surface area contributed by atoms with Gasteiger partial charge >= 0.3 is 0 Å². The van der Waals surface area contributed by atoms with Crippen molar-refractivity contribution in [3.63, 3.8) is 0 Å². The molecule has 0 unspecified atom stereocenters. The molecular formula is C8H10BrNO2. The van der Waals surface area contributed by atoms with Crippen LogP contribution in [0.1, 0.15) is 5.56 Å². The van der Waals surface area contributed by atoms with E-state index in [1.807, 2.05) is 24.3 Å². The molecule has 0 aliphatic heterocycles. The molecular weight excluding hydrogens is 222 g/mol. The molecule has 1 aromatic rings. The summed E-state index contributed by atoms with van der Waals surface area (Å²) >= 11 is 3.35. The van der Waals surface area contributed by atoms with Crippen molar-refractivity contribution in [2.24, 2.45) is 0 Å². The zero-order valence-electron chi connectivity index (χ0n) is 6.71. The Hall–Kier alpha value is -0.420. The van der Waals surface area contributed by atoms with Crippen molar-refractivity contribution in [1.82, 2.24) is 5.48 Å². The summed E-state index contributed by atoms with van der Waals surface area (Å²) in [4.78, 5) is 8.87. The molecule has 0 heterocycles. The number of benzene rings is 1. The zero-order valence-corrected chi connectivity index (χ0v) is 8.30. The fraction of sp³-hybridized carbons (Fsp3) is 0.250. The van der Waals surface area contributed by atoms with Crippen LogP contribution in [-0.4, -0.2) is 7.11 Å². The van der Waals surface area contributed by atoms with Crippen LogP contribution in [0.2, 0.25) is 0 Å². The normalized spacial score (nSPS) is 10.2. The minimum Gasteiger partial charge on any atom is -0.221 e. The maximum Gasteiger partial charge on any atom is 0.0732 e. The summed E-state index contributed by atoms with van der Waals surface area (Å²) in [5.41, 5.74) is 3.77. The van der Waals surface area contributed by atoms with Gasteiger partial charge in [0, 0.05) is 11.0 Å². The van der Waals surface area contributed by atoms with Gasteiger partial charge in [0.15, 0.2) is 0 Å². The number of hydrogen-bond acceptors (Lipinski definition) is 3. The second kappa shape index (κ2) is 5.27. The molecule has 0 saturated carbocycles. The van der Waals surface area contributed by atoms with Gasteiger partial charge in [-0.05, 0) is 17.7 Å². The summed E-state index contributed by atoms with van der Waals surface area (Å²) in [5.74, 6) is 0. The van der Waals surface area contributed by atoms with Crippen LogP contribution < -0.4 is 5.48 Å². The third-order valence-electron chi connectivity index (χ3n) is 1.33. The van der Waals surface area contributed by atoms with E-state index in [-0.39, 0.29) is 0 Å². The van der Waals surface area contributed by atoms with E-state index in [0.29, 0.717) is 6.54 Å². The lowest BCUT2D eigenvalue weighted by molar-refractivity contribution is -0.319. The van der Waals surface area contributed by atoms with Gasteiger partial charge in [-0.15, -0.1) is 4.99 Å². The molecule has 0 fully saturated rings. The Morgan fingerprint density at radius 2 is 2.00 bits per heavy atom. The van der Waals surface area contributed by atoms with E-state index in [4.69, 9.17) is 0 Å². The number of halogens is 1.